The number of dihydropyridines is 1. The van der Waals surface area contributed by atoms with Crippen LogP contribution in [0.2, 0.25) is 5.02 Å². The highest BCUT2D eigenvalue weighted by Gasteiger charge is 2.33. The average Bonchev–Trinajstić information content (AvgIpc) is 2.32. The SMILES string of the molecule is CC1(Nc2ccc(Cl)cc2)NC=CC=C1C(=O)O. The molecule has 0 aliphatic carbocycles. The molecule has 2 rings (SSSR count). The number of hydrogen-bond donors (Lipinski definition) is 3. The van der Waals surface area contributed by atoms with E-state index < -0.39 is 11.6 Å². The molecule has 1 aromatic carbocycles. The molecular formula is C13H13ClN2O2. The van der Waals surface area contributed by atoms with Gasteiger partial charge in [-0.05, 0) is 49.5 Å². The van der Waals surface area contributed by atoms with E-state index in [1.54, 1.807) is 49.5 Å². The van der Waals surface area contributed by atoms with Gasteiger partial charge in [0.1, 0.15) is 5.66 Å². The molecule has 0 aromatic heterocycles. The summed E-state index contributed by atoms with van der Waals surface area (Å²) in [6.07, 6.45) is 4.94. The number of allylic oxidation sites excluding steroid dienone is 2. The van der Waals surface area contributed by atoms with E-state index in [1.165, 1.54) is 0 Å². The molecule has 0 bridgehead atoms. The molecule has 3 N–H and O–H groups in total. The number of hydrogen-bond acceptors (Lipinski definition) is 3. The summed E-state index contributed by atoms with van der Waals surface area (Å²) in [6.45, 7) is 1.77. The molecule has 1 aliphatic rings. The lowest BCUT2D eigenvalue weighted by Gasteiger charge is -2.34. The highest BCUT2D eigenvalue weighted by Crippen LogP contribution is 2.24. The zero-order valence-electron chi connectivity index (χ0n) is 9.77. The van der Waals surface area contributed by atoms with Gasteiger partial charge in [0.2, 0.25) is 0 Å². The van der Waals surface area contributed by atoms with Crippen molar-refractivity contribution in [3.63, 3.8) is 0 Å². The van der Waals surface area contributed by atoms with E-state index >= 15 is 0 Å². The molecule has 1 unspecified atom stereocenters. The molecule has 0 radical (unpaired) electrons. The summed E-state index contributed by atoms with van der Waals surface area (Å²) in [5, 5.41) is 16.0. The van der Waals surface area contributed by atoms with E-state index in [0.29, 0.717) is 5.02 Å². The Morgan fingerprint density at radius 1 is 1.39 bits per heavy atom. The van der Waals surface area contributed by atoms with E-state index in [2.05, 4.69) is 10.6 Å². The lowest BCUT2D eigenvalue weighted by atomic mass is 9.98. The van der Waals surface area contributed by atoms with Crippen molar-refractivity contribution in [2.24, 2.45) is 0 Å². The number of aliphatic carboxylic acids is 1. The fourth-order valence-corrected chi connectivity index (χ4v) is 1.94. The zero-order valence-corrected chi connectivity index (χ0v) is 10.5. The van der Waals surface area contributed by atoms with Gasteiger partial charge in [-0.15, -0.1) is 0 Å². The Morgan fingerprint density at radius 3 is 2.67 bits per heavy atom. The Kier molecular flexibility index (Phi) is 3.30. The van der Waals surface area contributed by atoms with Crippen molar-refractivity contribution in [2.45, 2.75) is 12.6 Å². The van der Waals surface area contributed by atoms with Gasteiger partial charge in [-0.1, -0.05) is 11.6 Å². The van der Waals surface area contributed by atoms with Crippen molar-refractivity contribution in [1.82, 2.24) is 5.32 Å². The van der Waals surface area contributed by atoms with Gasteiger partial charge in [0.15, 0.2) is 0 Å². The van der Waals surface area contributed by atoms with E-state index in [-0.39, 0.29) is 5.57 Å². The Balaban J connectivity index is 2.26. The maximum absolute atomic E-state index is 11.2. The van der Waals surface area contributed by atoms with Gasteiger partial charge in [0.25, 0.3) is 0 Å². The van der Waals surface area contributed by atoms with Crippen molar-refractivity contribution in [2.75, 3.05) is 5.32 Å². The minimum absolute atomic E-state index is 0.250. The lowest BCUT2D eigenvalue weighted by Crippen LogP contribution is -2.51. The van der Waals surface area contributed by atoms with Crippen LogP contribution in [0.1, 0.15) is 6.92 Å². The lowest BCUT2D eigenvalue weighted by molar-refractivity contribution is -0.133. The molecule has 1 aliphatic heterocycles. The predicted octanol–water partition coefficient (Wildman–Crippen LogP) is 2.60. The Hall–Kier alpha value is -1.94. The quantitative estimate of drug-likeness (QED) is 0.785. The fourth-order valence-electron chi connectivity index (χ4n) is 1.81. The van der Waals surface area contributed by atoms with Crippen LogP contribution in [0.15, 0.2) is 48.2 Å². The van der Waals surface area contributed by atoms with Crippen molar-refractivity contribution < 1.29 is 9.90 Å². The van der Waals surface area contributed by atoms with Gasteiger partial charge in [-0.3, -0.25) is 0 Å². The third kappa shape index (κ3) is 2.49. The van der Waals surface area contributed by atoms with E-state index in [0.717, 1.165) is 5.69 Å². The first-order chi connectivity index (χ1) is 8.51. The van der Waals surface area contributed by atoms with Crippen LogP contribution >= 0.6 is 11.6 Å². The third-order valence-corrected chi connectivity index (χ3v) is 2.99. The second kappa shape index (κ2) is 4.74. The molecule has 1 aromatic rings. The molecule has 94 valence electrons. The first-order valence-corrected chi connectivity index (χ1v) is 5.81. The molecule has 1 heterocycles. The van der Waals surface area contributed by atoms with E-state index in [4.69, 9.17) is 11.6 Å². The van der Waals surface area contributed by atoms with Gasteiger partial charge in [0.05, 0.1) is 5.57 Å². The molecule has 4 nitrogen and oxygen atoms in total. The summed E-state index contributed by atoms with van der Waals surface area (Å²) in [5.74, 6) is -0.962. The van der Waals surface area contributed by atoms with Gasteiger partial charge < -0.3 is 15.7 Å². The summed E-state index contributed by atoms with van der Waals surface area (Å²) >= 11 is 5.81. The molecule has 0 amide bonds. The number of benzene rings is 1. The van der Waals surface area contributed by atoms with E-state index in [1.807, 2.05) is 0 Å². The Labute approximate surface area is 110 Å². The molecule has 1 atom stereocenters. The molecular weight excluding hydrogens is 252 g/mol. The van der Waals surface area contributed by atoms with Crippen molar-refractivity contribution >= 4 is 23.3 Å². The summed E-state index contributed by atoms with van der Waals surface area (Å²) in [6, 6.07) is 7.09. The third-order valence-electron chi connectivity index (χ3n) is 2.74. The van der Waals surface area contributed by atoms with Gasteiger partial charge in [0, 0.05) is 10.7 Å². The van der Waals surface area contributed by atoms with Crippen molar-refractivity contribution in [3.8, 4) is 0 Å². The number of rotatable bonds is 3. The van der Waals surface area contributed by atoms with Crippen LogP contribution in [0.4, 0.5) is 5.69 Å². The Bertz CT molecular complexity index is 522. The molecule has 18 heavy (non-hydrogen) atoms. The summed E-state index contributed by atoms with van der Waals surface area (Å²) in [4.78, 5) is 11.2. The summed E-state index contributed by atoms with van der Waals surface area (Å²) < 4.78 is 0. The Morgan fingerprint density at radius 2 is 2.06 bits per heavy atom. The normalized spacial score (nSPS) is 22.0. The minimum Gasteiger partial charge on any atom is -0.478 e. The van der Waals surface area contributed by atoms with Crippen LogP contribution in [0.25, 0.3) is 0 Å². The number of anilines is 1. The number of carboxylic acids is 1. The number of carboxylic acid groups (broad SMARTS) is 1. The summed E-state index contributed by atoms with van der Waals surface area (Å²) in [5.41, 5.74) is 0.186. The van der Waals surface area contributed by atoms with Crippen LogP contribution in [-0.4, -0.2) is 16.7 Å². The second-order valence-electron chi connectivity index (χ2n) is 4.15. The van der Waals surface area contributed by atoms with Crippen LogP contribution < -0.4 is 10.6 Å². The minimum atomic E-state index is -0.962. The topological polar surface area (TPSA) is 61.4 Å². The predicted molar refractivity (Wildman–Crippen MR) is 71.5 cm³/mol. The first-order valence-electron chi connectivity index (χ1n) is 5.43. The van der Waals surface area contributed by atoms with Crippen molar-refractivity contribution in [1.29, 1.82) is 0 Å². The molecule has 0 saturated carbocycles. The monoisotopic (exact) mass is 264 g/mol. The highest BCUT2D eigenvalue weighted by molar-refractivity contribution is 6.30. The smallest absolute Gasteiger partial charge is 0.335 e. The van der Waals surface area contributed by atoms with Crippen LogP contribution in [0.3, 0.4) is 0 Å². The van der Waals surface area contributed by atoms with Gasteiger partial charge in [-0.2, -0.15) is 0 Å². The maximum atomic E-state index is 11.2. The molecule has 5 heteroatoms. The number of halogens is 1. The molecule has 0 saturated heterocycles. The summed E-state index contributed by atoms with van der Waals surface area (Å²) in [7, 11) is 0. The number of carbonyl (C=O) groups is 1. The first kappa shape index (κ1) is 12.5. The zero-order chi connectivity index (χ0) is 13.2. The number of nitrogens with one attached hydrogen (secondary N) is 2. The molecule has 0 fully saturated rings. The largest absolute Gasteiger partial charge is 0.478 e. The maximum Gasteiger partial charge on any atom is 0.335 e. The van der Waals surface area contributed by atoms with Gasteiger partial charge >= 0.3 is 5.97 Å². The second-order valence-corrected chi connectivity index (χ2v) is 4.58. The van der Waals surface area contributed by atoms with Crippen LogP contribution in [0, 0.1) is 0 Å². The standard InChI is InChI=1S/C13H13ClN2O2/c1-13(11(12(17)18)3-2-8-15-13)16-10-6-4-9(14)5-7-10/h2-8,15-16H,1H3,(H,17,18). The van der Waals surface area contributed by atoms with Crippen LogP contribution in [0.5, 0.6) is 0 Å². The van der Waals surface area contributed by atoms with E-state index in [9.17, 15) is 9.90 Å². The fraction of sp³-hybridized carbons (Fsp3) is 0.154. The highest BCUT2D eigenvalue weighted by atomic mass is 35.5. The van der Waals surface area contributed by atoms with Crippen molar-refractivity contribution in [3.05, 3.63) is 53.2 Å². The van der Waals surface area contributed by atoms with Crippen LogP contribution in [-0.2, 0) is 4.79 Å². The average molecular weight is 265 g/mol. The van der Waals surface area contributed by atoms with Gasteiger partial charge in [-0.25, -0.2) is 4.79 Å². The molecule has 0 spiro atoms.